The summed E-state index contributed by atoms with van der Waals surface area (Å²) in [6.07, 6.45) is 3.15. The molecule has 4 rings (SSSR count). The van der Waals surface area contributed by atoms with Crippen molar-refractivity contribution in [2.75, 3.05) is 0 Å². The number of fused-ring (bicyclic) bond motifs is 1. The van der Waals surface area contributed by atoms with Gasteiger partial charge in [-0.2, -0.15) is 15.1 Å². The number of nitrogens with one attached hydrogen (secondary N) is 1. The van der Waals surface area contributed by atoms with E-state index in [4.69, 9.17) is 14.2 Å². The topological polar surface area (TPSA) is 95.2 Å². The summed E-state index contributed by atoms with van der Waals surface area (Å²) in [6.45, 7) is 1.81. The maximum absolute atomic E-state index is 12.2. The lowest BCUT2D eigenvalue weighted by Gasteiger charge is -2.19. The summed E-state index contributed by atoms with van der Waals surface area (Å²) in [7, 11) is 0. The molecule has 1 amide bonds. The highest BCUT2D eigenvalue weighted by molar-refractivity contribution is 8.26. The van der Waals surface area contributed by atoms with E-state index in [1.165, 1.54) is 34.6 Å². The molecule has 0 unspecified atom stereocenters. The number of hydrogen-bond acceptors (Lipinski definition) is 7. The Bertz CT molecular complexity index is 941. The molecule has 0 saturated heterocycles. The van der Waals surface area contributed by atoms with Gasteiger partial charge in [0.15, 0.2) is 10.9 Å². The zero-order valence-corrected chi connectivity index (χ0v) is 14.7. The van der Waals surface area contributed by atoms with Crippen molar-refractivity contribution in [3.05, 3.63) is 47.6 Å². The minimum Gasteiger partial charge on any atom is -0.468 e. The van der Waals surface area contributed by atoms with Crippen LogP contribution in [-0.2, 0) is 10.5 Å². The monoisotopic (exact) mass is 372 g/mol. The quantitative estimate of drug-likeness (QED) is 0.648. The van der Waals surface area contributed by atoms with Crippen LogP contribution in [0.25, 0.3) is 6.08 Å². The second kappa shape index (κ2) is 6.41. The van der Waals surface area contributed by atoms with Gasteiger partial charge in [-0.05, 0) is 49.0 Å². The van der Waals surface area contributed by atoms with Crippen LogP contribution < -0.4 is 0 Å². The number of carbonyl (C=O) groups is 1. The summed E-state index contributed by atoms with van der Waals surface area (Å²) in [4.78, 5) is 16.2. The van der Waals surface area contributed by atoms with E-state index in [2.05, 4.69) is 10.1 Å². The lowest BCUT2D eigenvalue weighted by molar-refractivity contribution is -0.114. The minimum atomic E-state index is -0.463. The number of aliphatic imine (C=N–C) groups is 1. The van der Waals surface area contributed by atoms with Crippen molar-refractivity contribution in [3.8, 4) is 0 Å². The summed E-state index contributed by atoms with van der Waals surface area (Å²) in [6, 6.07) is 7.31. The SMILES string of the molecule is CC1=NN2C(=N)/C(=C\c3ccc(SCc4ccco4)o3)C(=O)N=C2S1. The normalized spacial score (nSPS) is 18.6. The Morgan fingerprint density at radius 2 is 2.28 bits per heavy atom. The molecule has 9 heteroatoms. The fourth-order valence-corrected chi connectivity index (χ4v) is 3.76. The Hall–Kier alpha value is -2.52. The third-order valence-electron chi connectivity index (χ3n) is 3.38. The van der Waals surface area contributed by atoms with Crippen LogP contribution >= 0.6 is 23.5 Å². The molecule has 0 radical (unpaired) electrons. The lowest BCUT2D eigenvalue weighted by atomic mass is 10.1. The molecule has 0 aromatic carbocycles. The summed E-state index contributed by atoms with van der Waals surface area (Å²) in [5.41, 5.74) is 0.153. The van der Waals surface area contributed by atoms with Gasteiger partial charge in [0.2, 0.25) is 5.17 Å². The van der Waals surface area contributed by atoms with Gasteiger partial charge < -0.3 is 8.83 Å². The van der Waals surface area contributed by atoms with Crippen LogP contribution in [0.1, 0.15) is 18.4 Å². The lowest BCUT2D eigenvalue weighted by Crippen LogP contribution is -2.35. The van der Waals surface area contributed by atoms with E-state index in [9.17, 15) is 4.79 Å². The molecule has 0 bridgehead atoms. The van der Waals surface area contributed by atoms with Gasteiger partial charge in [-0.3, -0.25) is 10.2 Å². The number of nitrogens with zero attached hydrogens (tertiary/aromatic N) is 3. The molecule has 0 aliphatic carbocycles. The van der Waals surface area contributed by atoms with Gasteiger partial charge in [-0.25, -0.2) is 0 Å². The van der Waals surface area contributed by atoms with Crippen LogP contribution in [-0.4, -0.2) is 27.0 Å². The molecule has 25 heavy (non-hydrogen) atoms. The minimum absolute atomic E-state index is 0.000499. The van der Waals surface area contributed by atoms with Gasteiger partial charge in [-0.15, -0.1) is 0 Å². The number of hydrazone groups is 1. The van der Waals surface area contributed by atoms with Crippen LogP contribution in [0.4, 0.5) is 0 Å². The highest BCUT2D eigenvalue weighted by Gasteiger charge is 2.34. The molecular weight excluding hydrogens is 360 g/mol. The van der Waals surface area contributed by atoms with Crippen LogP contribution in [0.2, 0.25) is 0 Å². The van der Waals surface area contributed by atoms with Crippen molar-refractivity contribution in [3.63, 3.8) is 0 Å². The van der Waals surface area contributed by atoms with Crippen molar-refractivity contribution in [1.29, 1.82) is 5.41 Å². The summed E-state index contributed by atoms with van der Waals surface area (Å²) in [5.74, 6) is 1.53. The van der Waals surface area contributed by atoms with Gasteiger partial charge in [0.1, 0.15) is 11.5 Å². The predicted molar refractivity (Wildman–Crippen MR) is 97.7 cm³/mol. The molecule has 0 saturated carbocycles. The van der Waals surface area contributed by atoms with E-state index >= 15 is 0 Å². The van der Waals surface area contributed by atoms with Gasteiger partial charge in [0.25, 0.3) is 5.91 Å². The molecule has 0 fully saturated rings. The molecule has 4 heterocycles. The summed E-state index contributed by atoms with van der Waals surface area (Å²) >= 11 is 2.76. The van der Waals surface area contributed by atoms with Crippen LogP contribution in [0, 0.1) is 5.41 Å². The molecule has 0 atom stereocenters. The molecule has 0 spiro atoms. The molecule has 126 valence electrons. The summed E-state index contributed by atoms with van der Waals surface area (Å²) in [5, 5.41) is 15.6. The number of hydrogen-bond donors (Lipinski definition) is 1. The van der Waals surface area contributed by atoms with Gasteiger partial charge in [-0.1, -0.05) is 11.8 Å². The number of carbonyl (C=O) groups excluding carboxylic acids is 1. The van der Waals surface area contributed by atoms with Crippen molar-refractivity contribution in [2.45, 2.75) is 17.8 Å². The van der Waals surface area contributed by atoms with Crippen molar-refractivity contribution >= 4 is 51.6 Å². The average molecular weight is 372 g/mol. The standard InChI is InChI=1S/C16H12N4O3S2/c1-9-19-20-14(17)12(15(21)18-16(20)25-9)7-10-4-5-13(23-10)24-8-11-3-2-6-22-11/h2-7,17H,8H2,1H3/b12-7+,17-14?. The first kappa shape index (κ1) is 16.0. The maximum Gasteiger partial charge on any atom is 0.283 e. The number of amidine groups is 2. The Labute approximate surface area is 151 Å². The van der Waals surface area contributed by atoms with E-state index in [-0.39, 0.29) is 11.4 Å². The van der Waals surface area contributed by atoms with E-state index < -0.39 is 5.91 Å². The average Bonchev–Trinajstić information content (AvgIpc) is 3.30. The zero-order chi connectivity index (χ0) is 17.4. The zero-order valence-electron chi connectivity index (χ0n) is 13.1. The Kier molecular flexibility index (Phi) is 4.10. The first-order chi connectivity index (χ1) is 12.1. The first-order valence-electron chi connectivity index (χ1n) is 7.32. The highest BCUT2D eigenvalue weighted by Crippen LogP contribution is 2.29. The maximum atomic E-state index is 12.2. The van der Waals surface area contributed by atoms with Crippen molar-refractivity contribution in [1.82, 2.24) is 5.01 Å². The molecule has 7 nitrogen and oxygen atoms in total. The molecule has 2 aliphatic heterocycles. The number of amides is 1. The Morgan fingerprint density at radius 1 is 1.40 bits per heavy atom. The fraction of sp³-hybridized carbons (Fsp3) is 0.125. The van der Waals surface area contributed by atoms with Gasteiger partial charge >= 0.3 is 0 Å². The predicted octanol–water partition coefficient (Wildman–Crippen LogP) is 3.80. The second-order valence-corrected chi connectivity index (χ2v) is 7.30. The third kappa shape index (κ3) is 3.20. The number of thioether (sulfide) groups is 2. The number of furan rings is 2. The number of rotatable bonds is 4. The largest absolute Gasteiger partial charge is 0.468 e. The van der Waals surface area contributed by atoms with E-state index in [1.807, 2.05) is 25.1 Å². The van der Waals surface area contributed by atoms with Crippen molar-refractivity contribution in [2.24, 2.45) is 10.1 Å². The molecule has 2 aromatic heterocycles. The van der Waals surface area contributed by atoms with E-state index in [0.29, 0.717) is 21.8 Å². The van der Waals surface area contributed by atoms with Crippen molar-refractivity contribution < 1.29 is 13.6 Å². The van der Waals surface area contributed by atoms with E-state index in [1.54, 1.807) is 12.3 Å². The summed E-state index contributed by atoms with van der Waals surface area (Å²) < 4.78 is 11.0. The van der Waals surface area contributed by atoms with Crippen LogP contribution in [0.5, 0.6) is 0 Å². The van der Waals surface area contributed by atoms with Crippen LogP contribution in [0.3, 0.4) is 0 Å². The Morgan fingerprint density at radius 3 is 3.08 bits per heavy atom. The van der Waals surface area contributed by atoms with Gasteiger partial charge in [0, 0.05) is 0 Å². The fourth-order valence-electron chi connectivity index (χ4n) is 2.26. The Balaban J connectivity index is 1.53. The van der Waals surface area contributed by atoms with E-state index in [0.717, 1.165) is 10.8 Å². The molecule has 2 aliphatic rings. The highest BCUT2D eigenvalue weighted by atomic mass is 32.2. The molecule has 1 N–H and O–H groups in total. The first-order valence-corrected chi connectivity index (χ1v) is 9.12. The van der Waals surface area contributed by atoms with Gasteiger partial charge in [0.05, 0.1) is 22.6 Å². The second-order valence-electron chi connectivity index (χ2n) is 5.16. The molecular formula is C16H12N4O3S2. The van der Waals surface area contributed by atoms with Crippen LogP contribution in [0.15, 0.2) is 60.1 Å². The third-order valence-corrected chi connectivity index (χ3v) is 5.14. The smallest absolute Gasteiger partial charge is 0.283 e. The molecule has 2 aromatic rings.